The van der Waals surface area contributed by atoms with Crippen LogP contribution in [0.3, 0.4) is 0 Å². The molecule has 15 nitrogen and oxygen atoms in total. The molecule has 0 aliphatic rings. The highest BCUT2D eigenvalue weighted by Gasteiger charge is 2.34. The Balaban J connectivity index is 3.14. The van der Waals surface area contributed by atoms with Crippen LogP contribution in [-0.4, -0.2) is 89.0 Å². The first-order valence-corrected chi connectivity index (χ1v) is 14.9. The van der Waals surface area contributed by atoms with E-state index >= 15 is 0 Å². The van der Waals surface area contributed by atoms with E-state index in [1.54, 1.807) is 12.1 Å². The fraction of sp³-hybridized carbons (Fsp3) is 0.600. The van der Waals surface area contributed by atoms with E-state index in [0.29, 0.717) is 5.56 Å². The van der Waals surface area contributed by atoms with Gasteiger partial charge in [0.2, 0.25) is 35.4 Å². The van der Waals surface area contributed by atoms with E-state index in [0.717, 1.165) is 0 Å². The molecule has 0 heterocycles. The summed E-state index contributed by atoms with van der Waals surface area (Å²) in [4.78, 5) is 76.3. The average Bonchev–Trinajstić information content (AvgIpc) is 2.94. The molecule has 0 saturated heterocycles. The molecule has 45 heavy (non-hydrogen) atoms. The first-order valence-electron chi connectivity index (χ1n) is 14.9. The molecular formula is C30H49N7O8. The first-order chi connectivity index (χ1) is 20.9. The molecule has 1 aromatic rings. The number of likely N-dealkylation sites (N-methyl/N-ethyl adjacent to an activating group) is 1. The normalized spacial score (nSPS) is 15.2. The zero-order valence-corrected chi connectivity index (χ0v) is 26.8. The molecule has 0 fully saturated rings. The van der Waals surface area contributed by atoms with Crippen LogP contribution in [0.15, 0.2) is 24.3 Å². The lowest BCUT2D eigenvalue weighted by Crippen LogP contribution is -2.61. The molecule has 1 aromatic carbocycles. The van der Waals surface area contributed by atoms with Gasteiger partial charge in [0, 0.05) is 13.5 Å². The number of rotatable bonds is 18. The molecule has 11 N–H and O–H groups in total. The number of benzene rings is 1. The van der Waals surface area contributed by atoms with E-state index in [4.69, 9.17) is 11.5 Å². The van der Waals surface area contributed by atoms with Crippen molar-refractivity contribution < 1.29 is 39.0 Å². The molecule has 15 heteroatoms. The minimum Gasteiger partial charge on any atom is -0.508 e. The molecule has 0 unspecified atom stereocenters. The standard InChI is InChI=1S/C30H49N7O8/c1-15(2)11-21(34-26(41)20(31)14-24(32)40)28(43)35-22(12-16(3)4)29(44)37-25(17(5)38)30(45)36-23(27(42)33-6)13-18-7-9-19(39)10-8-18/h7-10,15-17,20-23,25,38-39H,11-14,31H2,1-6H3,(H2,32,40)(H,33,42)(H,34,41)(H,35,43)(H,36,45)(H,37,44)/t17-,20+,21+,22+,23+,25+/m1/s1. The van der Waals surface area contributed by atoms with Gasteiger partial charge in [-0.25, -0.2) is 0 Å². The molecule has 6 amide bonds. The van der Waals surface area contributed by atoms with E-state index < -0.39 is 78.2 Å². The predicted octanol–water partition coefficient (Wildman–Crippen LogP) is -1.70. The Morgan fingerprint density at radius 3 is 1.62 bits per heavy atom. The zero-order valence-electron chi connectivity index (χ0n) is 26.8. The van der Waals surface area contributed by atoms with E-state index in [1.165, 1.54) is 26.1 Å². The second-order valence-corrected chi connectivity index (χ2v) is 11.9. The lowest BCUT2D eigenvalue weighted by Gasteiger charge is -2.28. The molecular weight excluding hydrogens is 586 g/mol. The van der Waals surface area contributed by atoms with Crippen LogP contribution in [0.1, 0.15) is 59.4 Å². The van der Waals surface area contributed by atoms with Gasteiger partial charge in [-0.2, -0.15) is 0 Å². The van der Waals surface area contributed by atoms with Crippen LogP contribution in [0.25, 0.3) is 0 Å². The number of aliphatic hydroxyl groups is 1. The number of phenols is 1. The first kappa shape index (κ1) is 38.8. The largest absolute Gasteiger partial charge is 0.508 e. The number of hydrogen-bond donors (Lipinski definition) is 9. The van der Waals surface area contributed by atoms with Crippen molar-refractivity contribution in [2.45, 2.75) is 96.6 Å². The lowest BCUT2D eigenvalue weighted by molar-refractivity contribution is -0.136. The van der Waals surface area contributed by atoms with Gasteiger partial charge in [0.15, 0.2) is 0 Å². The fourth-order valence-corrected chi connectivity index (χ4v) is 4.44. The maximum absolute atomic E-state index is 13.5. The van der Waals surface area contributed by atoms with Crippen LogP contribution in [-0.2, 0) is 35.2 Å². The monoisotopic (exact) mass is 635 g/mol. The van der Waals surface area contributed by atoms with Crippen molar-refractivity contribution in [2.75, 3.05) is 7.05 Å². The number of nitrogens with one attached hydrogen (secondary N) is 5. The average molecular weight is 636 g/mol. The highest BCUT2D eigenvalue weighted by atomic mass is 16.3. The second-order valence-electron chi connectivity index (χ2n) is 11.9. The van der Waals surface area contributed by atoms with Crippen molar-refractivity contribution in [2.24, 2.45) is 23.3 Å². The lowest BCUT2D eigenvalue weighted by atomic mass is 9.99. The van der Waals surface area contributed by atoms with Crippen LogP contribution in [0.2, 0.25) is 0 Å². The van der Waals surface area contributed by atoms with Gasteiger partial charge in [0.05, 0.1) is 18.6 Å². The second kappa shape index (κ2) is 18.5. The number of amides is 6. The number of aliphatic hydroxyl groups excluding tert-OH is 1. The van der Waals surface area contributed by atoms with Gasteiger partial charge in [-0.15, -0.1) is 0 Å². The van der Waals surface area contributed by atoms with Crippen LogP contribution in [0.5, 0.6) is 5.75 Å². The highest BCUT2D eigenvalue weighted by molar-refractivity contribution is 5.96. The summed E-state index contributed by atoms with van der Waals surface area (Å²) in [6.07, 6.45) is -1.40. The minimum absolute atomic E-state index is 0.0313. The van der Waals surface area contributed by atoms with Crippen molar-refractivity contribution in [3.63, 3.8) is 0 Å². The molecule has 0 aliphatic carbocycles. The van der Waals surface area contributed by atoms with Crippen LogP contribution in [0.4, 0.5) is 0 Å². The van der Waals surface area contributed by atoms with Gasteiger partial charge in [-0.3, -0.25) is 28.8 Å². The van der Waals surface area contributed by atoms with Gasteiger partial charge in [0.25, 0.3) is 0 Å². The number of nitrogens with two attached hydrogens (primary N) is 2. The van der Waals surface area contributed by atoms with E-state index in [1.807, 2.05) is 27.7 Å². The van der Waals surface area contributed by atoms with Crippen LogP contribution >= 0.6 is 0 Å². The fourth-order valence-electron chi connectivity index (χ4n) is 4.44. The van der Waals surface area contributed by atoms with Crippen LogP contribution < -0.4 is 38.1 Å². The van der Waals surface area contributed by atoms with Crippen LogP contribution in [0, 0.1) is 11.8 Å². The Morgan fingerprint density at radius 2 is 1.18 bits per heavy atom. The van der Waals surface area contributed by atoms with Crippen molar-refractivity contribution in [3.8, 4) is 5.75 Å². The van der Waals surface area contributed by atoms with E-state index in [9.17, 15) is 39.0 Å². The number of hydrogen-bond acceptors (Lipinski definition) is 9. The smallest absolute Gasteiger partial charge is 0.245 e. The summed E-state index contributed by atoms with van der Waals surface area (Å²) in [7, 11) is 1.39. The summed E-state index contributed by atoms with van der Waals surface area (Å²) in [5.74, 6) is -4.47. The molecule has 0 radical (unpaired) electrons. The Hall–Kier alpha value is -4.24. The van der Waals surface area contributed by atoms with Gasteiger partial charge in [-0.1, -0.05) is 39.8 Å². The van der Waals surface area contributed by atoms with Gasteiger partial charge in [0.1, 0.15) is 29.9 Å². The highest BCUT2D eigenvalue weighted by Crippen LogP contribution is 2.13. The van der Waals surface area contributed by atoms with Crippen molar-refractivity contribution in [1.82, 2.24) is 26.6 Å². The Morgan fingerprint density at radius 1 is 0.711 bits per heavy atom. The maximum atomic E-state index is 13.5. The Kier molecular flexibility index (Phi) is 16.0. The minimum atomic E-state index is -1.49. The summed E-state index contributed by atoms with van der Waals surface area (Å²) >= 11 is 0. The molecule has 0 bridgehead atoms. The molecule has 0 spiro atoms. The summed E-state index contributed by atoms with van der Waals surface area (Å²) in [6, 6.07) is -0.0358. The Labute approximate surface area is 263 Å². The summed E-state index contributed by atoms with van der Waals surface area (Å²) in [5, 5.41) is 32.6. The zero-order chi connectivity index (χ0) is 34.4. The SMILES string of the molecule is CNC(=O)[C@H](Cc1ccc(O)cc1)NC(=O)[C@@H](NC(=O)[C@H](CC(C)C)NC(=O)[C@H](CC(C)C)NC(=O)[C@@H](N)CC(N)=O)[C@@H](C)O. The molecule has 0 aromatic heterocycles. The summed E-state index contributed by atoms with van der Waals surface area (Å²) in [5.41, 5.74) is 11.5. The topological polar surface area (TPSA) is 255 Å². The third-order valence-corrected chi connectivity index (χ3v) is 6.76. The Bertz CT molecular complexity index is 1170. The number of primary amides is 1. The van der Waals surface area contributed by atoms with Gasteiger partial charge >= 0.3 is 0 Å². The predicted molar refractivity (Wildman–Crippen MR) is 166 cm³/mol. The van der Waals surface area contributed by atoms with Crippen molar-refractivity contribution in [1.29, 1.82) is 0 Å². The quantitative estimate of drug-likeness (QED) is 0.0889. The molecule has 0 saturated carbocycles. The molecule has 1 rings (SSSR count). The number of aromatic hydroxyl groups is 1. The third kappa shape index (κ3) is 13.9. The third-order valence-electron chi connectivity index (χ3n) is 6.76. The summed E-state index contributed by atoms with van der Waals surface area (Å²) < 4.78 is 0. The van der Waals surface area contributed by atoms with E-state index in [-0.39, 0.29) is 36.8 Å². The number of carbonyl (C=O) groups excluding carboxylic acids is 6. The van der Waals surface area contributed by atoms with Gasteiger partial charge in [-0.05, 0) is 49.3 Å². The van der Waals surface area contributed by atoms with Crippen molar-refractivity contribution >= 4 is 35.4 Å². The number of carbonyl (C=O) groups is 6. The van der Waals surface area contributed by atoms with Crippen molar-refractivity contribution in [3.05, 3.63) is 29.8 Å². The number of phenolic OH excluding ortho intramolecular Hbond substituents is 1. The maximum Gasteiger partial charge on any atom is 0.245 e. The summed E-state index contributed by atoms with van der Waals surface area (Å²) in [6.45, 7) is 8.58. The molecule has 0 aliphatic heterocycles. The van der Waals surface area contributed by atoms with Gasteiger partial charge < -0.3 is 48.3 Å². The van der Waals surface area contributed by atoms with E-state index in [2.05, 4.69) is 26.6 Å². The molecule has 6 atom stereocenters. The molecule has 252 valence electrons.